The van der Waals surface area contributed by atoms with Crippen LogP contribution in [0.2, 0.25) is 0 Å². The molecule has 0 spiro atoms. The molecular weight excluding hydrogens is 124 g/mol. The number of thiol groups is 1. The van der Waals surface area contributed by atoms with Gasteiger partial charge >= 0.3 is 0 Å². The number of nitrogens with one attached hydrogen (secondary N) is 1. The van der Waals surface area contributed by atoms with Gasteiger partial charge in [0.2, 0.25) is 5.91 Å². The number of nitrogens with two attached hydrogens (primary N) is 1. The van der Waals surface area contributed by atoms with Crippen molar-refractivity contribution < 1.29 is 4.79 Å². The van der Waals surface area contributed by atoms with Crippen LogP contribution in [-0.4, -0.2) is 17.8 Å². The van der Waals surface area contributed by atoms with Crippen molar-refractivity contribution in [3.05, 3.63) is 0 Å². The molecule has 0 rings (SSSR count). The van der Waals surface area contributed by atoms with E-state index in [1.807, 2.05) is 0 Å². The second-order valence-electron chi connectivity index (χ2n) is 1.50. The molecule has 0 aliphatic rings. The van der Waals surface area contributed by atoms with Gasteiger partial charge in [-0.1, -0.05) is 0 Å². The highest BCUT2D eigenvalue weighted by Crippen LogP contribution is 1.78. The van der Waals surface area contributed by atoms with Crippen LogP contribution in [0.1, 0.15) is 6.92 Å². The Morgan fingerprint density at radius 2 is 2.50 bits per heavy atom. The van der Waals surface area contributed by atoms with Crippen LogP contribution in [0.5, 0.6) is 0 Å². The van der Waals surface area contributed by atoms with E-state index in [9.17, 15) is 4.79 Å². The van der Waals surface area contributed by atoms with Gasteiger partial charge in [0.25, 0.3) is 0 Å². The monoisotopic (exact) mass is 134 g/mol. The third-order valence-corrected chi connectivity index (χ3v) is 0.743. The minimum Gasteiger partial charge on any atom is -0.354 e. The molecule has 0 aromatic rings. The second kappa shape index (κ2) is 3.74. The van der Waals surface area contributed by atoms with E-state index in [0.717, 1.165) is 0 Å². The SMILES string of the molecule is CC(=O)NCC(N)S. The normalized spacial score (nSPS) is 12.9. The molecule has 3 N–H and O–H groups in total. The van der Waals surface area contributed by atoms with Crippen molar-refractivity contribution in [1.29, 1.82) is 0 Å². The van der Waals surface area contributed by atoms with Crippen molar-refractivity contribution in [2.45, 2.75) is 12.3 Å². The van der Waals surface area contributed by atoms with Gasteiger partial charge in [0.05, 0.1) is 5.37 Å². The van der Waals surface area contributed by atoms with E-state index in [-0.39, 0.29) is 11.3 Å². The van der Waals surface area contributed by atoms with E-state index in [0.29, 0.717) is 6.54 Å². The zero-order valence-corrected chi connectivity index (χ0v) is 5.61. The lowest BCUT2D eigenvalue weighted by Crippen LogP contribution is -2.32. The fourth-order valence-corrected chi connectivity index (χ4v) is 0.340. The van der Waals surface area contributed by atoms with Crippen molar-refractivity contribution in [2.24, 2.45) is 5.73 Å². The van der Waals surface area contributed by atoms with Crippen molar-refractivity contribution in [2.75, 3.05) is 6.54 Å². The highest BCUT2D eigenvalue weighted by atomic mass is 32.1. The number of rotatable bonds is 2. The molecule has 0 aliphatic heterocycles. The number of amides is 1. The van der Waals surface area contributed by atoms with Crippen molar-refractivity contribution in [3.8, 4) is 0 Å². The Kier molecular flexibility index (Phi) is 3.64. The molecule has 0 aromatic carbocycles. The van der Waals surface area contributed by atoms with Crippen LogP contribution in [-0.2, 0) is 4.79 Å². The van der Waals surface area contributed by atoms with Gasteiger partial charge in [-0.25, -0.2) is 0 Å². The first-order valence-electron chi connectivity index (χ1n) is 2.31. The summed E-state index contributed by atoms with van der Waals surface area (Å²) in [5.74, 6) is -0.0745. The smallest absolute Gasteiger partial charge is 0.216 e. The molecule has 0 bridgehead atoms. The number of hydrogen-bond donors (Lipinski definition) is 3. The Labute approximate surface area is 54.0 Å². The summed E-state index contributed by atoms with van der Waals surface area (Å²) in [5, 5.41) is 2.25. The second-order valence-corrected chi connectivity index (χ2v) is 2.17. The predicted molar refractivity (Wildman–Crippen MR) is 35.6 cm³/mol. The molecule has 0 aromatic heterocycles. The topological polar surface area (TPSA) is 55.1 Å². The molecule has 8 heavy (non-hydrogen) atoms. The van der Waals surface area contributed by atoms with Gasteiger partial charge in [0.15, 0.2) is 0 Å². The van der Waals surface area contributed by atoms with Crippen LogP contribution in [0.3, 0.4) is 0 Å². The highest BCUT2D eigenvalue weighted by Gasteiger charge is 1.93. The van der Waals surface area contributed by atoms with E-state index >= 15 is 0 Å². The summed E-state index contributed by atoms with van der Waals surface area (Å²) < 4.78 is 0. The van der Waals surface area contributed by atoms with Gasteiger partial charge in [-0.2, -0.15) is 12.6 Å². The maximum Gasteiger partial charge on any atom is 0.216 e. The van der Waals surface area contributed by atoms with E-state index < -0.39 is 0 Å². The Hall–Kier alpha value is -0.220. The van der Waals surface area contributed by atoms with Crippen LogP contribution in [0.4, 0.5) is 0 Å². The molecular formula is C4H10N2OS. The first-order valence-corrected chi connectivity index (χ1v) is 2.82. The highest BCUT2D eigenvalue weighted by molar-refractivity contribution is 7.80. The predicted octanol–water partition coefficient (Wildman–Crippen LogP) is -0.663. The van der Waals surface area contributed by atoms with Crippen molar-refractivity contribution in [1.82, 2.24) is 5.32 Å². The Bertz CT molecular complexity index is 84.1. The van der Waals surface area contributed by atoms with Gasteiger partial charge in [-0.05, 0) is 0 Å². The largest absolute Gasteiger partial charge is 0.354 e. The molecule has 1 atom stereocenters. The lowest BCUT2D eigenvalue weighted by atomic mass is 10.6. The average Bonchev–Trinajstić information content (AvgIpc) is 1.61. The molecule has 0 heterocycles. The Morgan fingerprint density at radius 3 is 2.62 bits per heavy atom. The summed E-state index contributed by atoms with van der Waals surface area (Å²) in [6.45, 7) is 1.87. The standard InChI is InChI=1S/C4H10N2OS/c1-3(7)6-2-4(5)8/h4,8H,2,5H2,1H3,(H,6,7). The lowest BCUT2D eigenvalue weighted by Gasteiger charge is -2.02. The molecule has 0 fully saturated rings. The number of carbonyl (C=O) groups excluding carboxylic acids is 1. The zero-order chi connectivity index (χ0) is 6.57. The van der Waals surface area contributed by atoms with Crippen LogP contribution in [0, 0.1) is 0 Å². The molecule has 4 heteroatoms. The van der Waals surface area contributed by atoms with Crippen LogP contribution < -0.4 is 11.1 Å². The quantitative estimate of drug-likeness (QED) is 0.347. The fraction of sp³-hybridized carbons (Fsp3) is 0.750. The van der Waals surface area contributed by atoms with Gasteiger partial charge in [0, 0.05) is 13.5 Å². The van der Waals surface area contributed by atoms with Gasteiger partial charge < -0.3 is 11.1 Å². The van der Waals surface area contributed by atoms with Crippen LogP contribution in [0.15, 0.2) is 0 Å². The third kappa shape index (κ3) is 5.78. The zero-order valence-electron chi connectivity index (χ0n) is 4.72. The van der Waals surface area contributed by atoms with E-state index in [1.165, 1.54) is 6.92 Å². The lowest BCUT2D eigenvalue weighted by molar-refractivity contribution is -0.118. The van der Waals surface area contributed by atoms with Crippen molar-refractivity contribution in [3.63, 3.8) is 0 Å². The molecule has 1 unspecified atom stereocenters. The summed E-state index contributed by atoms with van der Waals surface area (Å²) in [5.41, 5.74) is 5.19. The van der Waals surface area contributed by atoms with E-state index in [4.69, 9.17) is 5.73 Å². The van der Waals surface area contributed by atoms with Crippen molar-refractivity contribution >= 4 is 18.5 Å². The maximum absolute atomic E-state index is 10.1. The van der Waals surface area contributed by atoms with Gasteiger partial charge in [-0.3, -0.25) is 4.79 Å². The molecule has 3 nitrogen and oxygen atoms in total. The minimum atomic E-state index is -0.251. The fourth-order valence-electron chi connectivity index (χ4n) is 0.248. The van der Waals surface area contributed by atoms with Gasteiger partial charge in [-0.15, -0.1) is 0 Å². The minimum absolute atomic E-state index is 0.0745. The van der Waals surface area contributed by atoms with E-state index in [2.05, 4.69) is 17.9 Å². The summed E-state index contributed by atoms with van der Waals surface area (Å²) in [6, 6.07) is 0. The summed E-state index contributed by atoms with van der Waals surface area (Å²) in [6.07, 6.45) is 0. The summed E-state index contributed by atoms with van der Waals surface area (Å²) >= 11 is 3.84. The summed E-state index contributed by atoms with van der Waals surface area (Å²) in [7, 11) is 0. The van der Waals surface area contributed by atoms with E-state index in [1.54, 1.807) is 0 Å². The van der Waals surface area contributed by atoms with Gasteiger partial charge in [0.1, 0.15) is 0 Å². The number of hydrogen-bond acceptors (Lipinski definition) is 3. The first kappa shape index (κ1) is 7.78. The molecule has 0 radical (unpaired) electrons. The molecule has 48 valence electrons. The Balaban J connectivity index is 3.05. The first-order chi connectivity index (χ1) is 3.63. The molecule has 1 amide bonds. The number of carbonyl (C=O) groups is 1. The average molecular weight is 134 g/mol. The maximum atomic E-state index is 10.1. The third-order valence-electron chi connectivity index (χ3n) is 0.560. The molecule has 0 aliphatic carbocycles. The van der Waals surface area contributed by atoms with Crippen LogP contribution in [0.25, 0.3) is 0 Å². The molecule has 0 saturated heterocycles. The Morgan fingerprint density at radius 1 is 2.00 bits per heavy atom. The summed E-state index contributed by atoms with van der Waals surface area (Å²) in [4.78, 5) is 10.1. The molecule has 0 saturated carbocycles. The van der Waals surface area contributed by atoms with Crippen LogP contribution >= 0.6 is 12.6 Å².